The largest absolute Gasteiger partial charge is 0.396 e. The lowest BCUT2D eigenvalue weighted by Crippen LogP contribution is -2.13. The van der Waals surface area contributed by atoms with Gasteiger partial charge in [0.2, 0.25) is 0 Å². The topological polar surface area (TPSA) is 46.5 Å². The van der Waals surface area contributed by atoms with Crippen LogP contribution in [0.2, 0.25) is 0 Å². The van der Waals surface area contributed by atoms with Crippen molar-refractivity contribution in [2.24, 2.45) is 5.41 Å². The molecule has 0 saturated carbocycles. The molecule has 0 fully saturated rings. The van der Waals surface area contributed by atoms with Gasteiger partial charge in [0, 0.05) is 12.4 Å². The third-order valence-corrected chi connectivity index (χ3v) is 1.97. The van der Waals surface area contributed by atoms with E-state index in [4.69, 9.17) is 9.29 Å². The van der Waals surface area contributed by atoms with E-state index in [2.05, 4.69) is 0 Å². The average Bonchev–Trinajstić information content (AvgIpc) is 1.94. The molecule has 0 aliphatic heterocycles. The van der Waals surface area contributed by atoms with Gasteiger partial charge in [-0.15, -0.1) is 0 Å². The highest BCUT2D eigenvalue weighted by atomic mass is 32.2. The van der Waals surface area contributed by atoms with Gasteiger partial charge in [0.25, 0.3) is 0 Å². The molecule has 1 N–H and O–H groups in total. The molecule has 0 aliphatic rings. The van der Waals surface area contributed by atoms with Gasteiger partial charge in [-0.25, -0.2) is 0 Å². The third-order valence-electron chi connectivity index (χ3n) is 1.21. The summed E-state index contributed by atoms with van der Waals surface area (Å²) in [4.78, 5) is 11.1. The smallest absolute Gasteiger partial charge is 0.318 e. The van der Waals surface area contributed by atoms with E-state index < -0.39 is 0 Å². The number of carbonyl (C=O) groups is 1. The molecule has 0 aromatic rings. The van der Waals surface area contributed by atoms with Crippen molar-refractivity contribution in [3.05, 3.63) is 0 Å². The maximum absolute atomic E-state index is 11.1. The van der Waals surface area contributed by atoms with Gasteiger partial charge in [-0.1, -0.05) is 20.8 Å². The molecule has 0 bridgehead atoms. The van der Waals surface area contributed by atoms with Crippen LogP contribution in [0.5, 0.6) is 0 Å². The number of rotatable bonds is 5. The van der Waals surface area contributed by atoms with Crippen LogP contribution < -0.4 is 0 Å². The van der Waals surface area contributed by atoms with Gasteiger partial charge in [-0.2, -0.15) is 0 Å². The lowest BCUT2D eigenvalue weighted by molar-refractivity contribution is -0.134. The zero-order valence-corrected chi connectivity index (χ0v) is 9.32. The van der Waals surface area contributed by atoms with Gasteiger partial charge in [0.05, 0.1) is 18.5 Å². The fraction of sp³-hybridized carbons (Fsp3) is 0.889. The SMILES string of the molecule is CC(C)(C)CC(=O)OSCCCO. The van der Waals surface area contributed by atoms with Crippen LogP contribution in [0.25, 0.3) is 0 Å². The van der Waals surface area contributed by atoms with Gasteiger partial charge in [-0.05, 0) is 11.8 Å². The zero-order chi connectivity index (χ0) is 10.3. The number of hydrogen-bond donors (Lipinski definition) is 1. The Labute approximate surface area is 84.1 Å². The van der Waals surface area contributed by atoms with Gasteiger partial charge >= 0.3 is 5.97 Å². The van der Waals surface area contributed by atoms with E-state index in [9.17, 15) is 4.79 Å². The molecule has 3 nitrogen and oxygen atoms in total. The van der Waals surface area contributed by atoms with Crippen molar-refractivity contribution in [3.8, 4) is 0 Å². The summed E-state index contributed by atoms with van der Waals surface area (Å²) in [6.07, 6.45) is 1.09. The minimum absolute atomic E-state index is 0.0192. The van der Waals surface area contributed by atoms with E-state index in [0.717, 1.165) is 12.0 Å². The second-order valence-corrected chi connectivity index (χ2v) is 4.90. The van der Waals surface area contributed by atoms with Gasteiger partial charge in [0.15, 0.2) is 0 Å². The van der Waals surface area contributed by atoms with Crippen LogP contribution in [0, 0.1) is 5.41 Å². The molecule has 0 aromatic heterocycles. The van der Waals surface area contributed by atoms with Crippen molar-refractivity contribution < 1.29 is 14.1 Å². The fourth-order valence-corrected chi connectivity index (χ4v) is 1.21. The standard InChI is InChI=1S/C9H18O3S/c1-9(2,3)7-8(11)12-13-6-4-5-10/h10H,4-7H2,1-3H3. The van der Waals surface area contributed by atoms with Crippen LogP contribution in [-0.2, 0) is 8.98 Å². The van der Waals surface area contributed by atoms with Crippen molar-refractivity contribution in [1.82, 2.24) is 0 Å². The Morgan fingerprint density at radius 1 is 1.46 bits per heavy atom. The fourth-order valence-electron chi connectivity index (χ4n) is 0.693. The van der Waals surface area contributed by atoms with Crippen LogP contribution in [-0.4, -0.2) is 23.4 Å². The summed E-state index contributed by atoms with van der Waals surface area (Å²) in [7, 11) is 0. The molecule has 0 amide bonds. The first kappa shape index (κ1) is 12.8. The lowest BCUT2D eigenvalue weighted by Gasteiger charge is -2.15. The number of carbonyl (C=O) groups excluding carboxylic acids is 1. The predicted octanol–water partition coefficient (Wildman–Crippen LogP) is 2.00. The highest BCUT2D eigenvalue weighted by molar-refractivity contribution is 7.95. The first-order valence-electron chi connectivity index (χ1n) is 4.39. The Morgan fingerprint density at radius 3 is 2.54 bits per heavy atom. The molecule has 0 heterocycles. The minimum Gasteiger partial charge on any atom is -0.396 e. The van der Waals surface area contributed by atoms with E-state index in [1.54, 1.807) is 0 Å². The highest BCUT2D eigenvalue weighted by Crippen LogP contribution is 2.20. The lowest BCUT2D eigenvalue weighted by atomic mass is 9.93. The number of aliphatic hydroxyl groups is 1. The zero-order valence-electron chi connectivity index (χ0n) is 8.50. The Balaban J connectivity index is 3.41. The number of hydrogen-bond acceptors (Lipinski definition) is 4. The Morgan fingerprint density at radius 2 is 2.08 bits per heavy atom. The quantitative estimate of drug-likeness (QED) is 0.552. The minimum atomic E-state index is -0.185. The van der Waals surface area contributed by atoms with Crippen LogP contribution in [0.15, 0.2) is 0 Å². The molecule has 0 rings (SSSR count). The summed E-state index contributed by atoms with van der Waals surface area (Å²) < 4.78 is 4.89. The Hall–Kier alpha value is -0.220. The summed E-state index contributed by atoms with van der Waals surface area (Å²) in [5.41, 5.74) is -0.0192. The van der Waals surface area contributed by atoms with E-state index in [1.165, 1.54) is 0 Å². The van der Waals surface area contributed by atoms with Crippen LogP contribution in [0.4, 0.5) is 0 Å². The molecule has 0 saturated heterocycles. The monoisotopic (exact) mass is 206 g/mol. The van der Waals surface area contributed by atoms with Crippen molar-refractivity contribution >= 4 is 18.0 Å². The molecule has 13 heavy (non-hydrogen) atoms. The van der Waals surface area contributed by atoms with E-state index >= 15 is 0 Å². The summed E-state index contributed by atoms with van der Waals surface area (Å²) >= 11 is 1.12. The van der Waals surface area contributed by atoms with Crippen molar-refractivity contribution in [3.63, 3.8) is 0 Å². The molecule has 0 radical (unpaired) electrons. The molecule has 0 spiro atoms. The molecular formula is C9H18O3S. The number of aliphatic hydroxyl groups excluding tert-OH is 1. The predicted molar refractivity (Wildman–Crippen MR) is 54.3 cm³/mol. The van der Waals surface area contributed by atoms with Crippen molar-refractivity contribution in [1.29, 1.82) is 0 Å². The molecule has 0 unspecified atom stereocenters. The van der Waals surface area contributed by atoms with Crippen LogP contribution in [0.1, 0.15) is 33.6 Å². The van der Waals surface area contributed by atoms with Crippen LogP contribution in [0.3, 0.4) is 0 Å². The second-order valence-electron chi connectivity index (χ2n) is 4.09. The summed E-state index contributed by atoms with van der Waals surface area (Å²) in [6.45, 7) is 6.12. The summed E-state index contributed by atoms with van der Waals surface area (Å²) in [5.74, 6) is 0.474. The maximum Gasteiger partial charge on any atom is 0.318 e. The Bertz CT molecular complexity index is 151. The highest BCUT2D eigenvalue weighted by Gasteiger charge is 2.17. The summed E-state index contributed by atoms with van der Waals surface area (Å²) in [5, 5.41) is 8.46. The molecule has 4 heteroatoms. The summed E-state index contributed by atoms with van der Waals surface area (Å²) in [6, 6.07) is 0. The molecule has 0 aromatic carbocycles. The van der Waals surface area contributed by atoms with E-state index in [0.29, 0.717) is 18.6 Å². The van der Waals surface area contributed by atoms with Gasteiger partial charge in [-0.3, -0.25) is 4.79 Å². The molecule has 78 valence electrons. The third kappa shape index (κ3) is 9.70. The Kier molecular flexibility index (Phi) is 6.16. The average molecular weight is 206 g/mol. The van der Waals surface area contributed by atoms with Gasteiger partial charge < -0.3 is 9.29 Å². The van der Waals surface area contributed by atoms with Gasteiger partial charge in [0.1, 0.15) is 0 Å². The van der Waals surface area contributed by atoms with E-state index in [-0.39, 0.29) is 18.0 Å². The first-order chi connectivity index (χ1) is 5.95. The first-order valence-corrected chi connectivity index (χ1v) is 5.30. The molecular weight excluding hydrogens is 188 g/mol. The normalized spacial score (nSPS) is 11.4. The van der Waals surface area contributed by atoms with Crippen molar-refractivity contribution in [2.45, 2.75) is 33.6 Å². The van der Waals surface area contributed by atoms with Crippen LogP contribution >= 0.6 is 12.0 Å². The molecule has 0 aliphatic carbocycles. The molecule has 0 atom stereocenters. The van der Waals surface area contributed by atoms with Crippen molar-refractivity contribution in [2.75, 3.05) is 12.4 Å². The maximum atomic E-state index is 11.1. The van der Waals surface area contributed by atoms with E-state index in [1.807, 2.05) is 20.8 Å². The second kappa shape index (κ2) is 6.27.